The zero-order valence-electron chi connectivity index (χ0n) is 21.2. The maximum absolute atomic E-state index is 14.8. The van der Waals surface area contributed by atoms with Crippen LogP contribution in [0.15, 0.2) is 67.3 Å². The Morgan fingerprint density at radius 1 is 0.865 bits per heavy atom. The van der Waals surface area contributed by atoms with Gasteiger partial charge in [0.05, 0.1) is 25.9 Å². The molecule has 0 atom stereocenters. The third kappa shape index (κ3) is 6.75. The highest BCUT2D eigenvalue weighted by atomic mass is 19.2. The number of hydrogen-bond donors (Lipinski definition) is 0. The first-order chi connectivity index (χ1) is 18.0. The highest BCUT2D eigenvalue weighted by Gasteiger charge is 2.25. The Bertz CT molecular complexity index is 1190. The summed E-state index contributed by atoms with van der Waals surface area (Å²) < 4.78 is 61.2. The van der Waals surface area contributed by atoms with Crippen molar-refractivity contribution in [3.8, 4) is 22.6 Å². The standard InChI is InChI=1S/C31H33F3O3/c1-3-5-18-36-26-15-17-27(29(32)19-26)21-6-13-25(14-7-21)37-20-23-10-16-28(31(34)30(23)33)22-8-11-24(12-9-22)35-4-2/h3,8-12,15-17,19,21,25H,1,4-7,13-14,18,20H2,2H3. The lowest BCUT2D eigenvalue weighted by Gasteiger charge is -2.29. The van der Waals surface area contributed by atoms with Crippen molar-refractivity contribution >= 4 is 0 Å². The van der Waals surface area contributed by atoms with Crippen LogP contribution in [-0.2, 0) is 11.3 Å². The quantitative estimate of drug-likeness (QED) is 0.192. The fourth-order valence-electron chi connectivity index (χ4n) is 4.76. The number of rotatable bonds is 11. The van der Waals surface area contributed by atoms with Gasteiger partial charge in [-0.2, -0.15) is 0 Å². The Balaban J connectivity index is 1.31. The number of hydrogen-bond acceptors (Lipinski definition) is 3. The molecule has 3 aromatic carbocycles. The molecule has 1 aliphatic rings. The summed E-state index contributed by atoms with van der Waals surface area (Å²) in [5.41, 5.74) is 1.65. The van der Waals surface area contributed by atoms with Crippen molar-refractivity contribution in [3.63, 3.8) is 0 Å². The molecule has 3 nitrogen and oxygen atoms in total. The van der Waals surface area contributed by atoms with Crippen LogP contribution in [-0.4, -0.2) is 19.3 Å². The van der Waals surface area contributed by atoms with Crippen molar-refractivity contribution in [3.05, 3.63) is 95.8 Å². The summed E-state index contributed by atoms with van der Waals surface area (Å²) in [5.74, 6) is -0.739. The molecule has 6 heteroatoms. The van der Waals surface area contributed by atoms with Gasteiger partial charge in [-0.25, -0.2) is 13.2 Å². The van der Waals surface area contributed by atoms with E-state index in [1.54, 1.807) is 54.6 Å². The van der Waals surface area contributed by atoms with Gasteiger partial charge >= 0.3 is 0 Å². The average Bonchev–Trinajstić information content (AvgIpc) is 2.91. The number of halogens is 3. The van der Waals surface area contributed by atoms with Crippen LogP contribution in [0, 0.1) is 17.5 Å². The first kappa shape index (κ1) is 26.8. The van der Waals surface area contributed by atoms with Crippen molar-refractivity contribution in [2.24, 2.45) is 0 Å². The van der Waals surface area contributed by atoms with Crippen LogP contribution in [0.25, 0.3) is 11.1 Å². The summed E-state index contributed by atoms with van der Waals surface area (Å²) in [5, 5.41) is 0. The molecule has 0 amide bonds. The smallest absolute Gasteiger partial charge is 0.167 e. The van der Waals surface area contributed by atoms with Gasteiger partial charge in [0.15, 0.2) is 11.6 Å². The molecule has 0 radical (unpaired) electrons. The van der Waals surface area contributed by atoms with E-state index in [2.05, 4.69) is 6.58 Å². The Morgan fingerprint density at radius 2 is 1.59 bits per heavy atom. The first-order valence-electron chi connectivity index (χ1n) is 12.8. The molecule has 37 heavy (non-hydrogen) atoms. The third-order valence-electron chi connectivity index (χ3n) is 6.79. The predicted molar refractivity (Wildman–Crippen MR) is 139 cm³/mol. The Kier molecular flexibility index (Phi) is 9.29. The van der Waals surface area contributed by atoms with E-state index in [-0.39, 0.29) is 35.6 Å². The molecule has 0 unspecified atom stereocenters. The maximum Gasteiger partial charge on any atom is 0.167 e. The summed E-state index contributed by atoms with van der Waals surface area (Å²) in [6, 6.07) is 15.1. The van der Waals surface area contributed by atoms with E-state index in [1.165, 1.54) is 6.07 Å². The van der Waals surface area contributed by atoms with Gasteiger partial charge in [0.25, 0.3) is 0 Å². The topological polar surface area (TPSA) is 27.7 Å². The second-order valence-electron chi connectivity index (χ2n) is 9.25. The molecule has 0 aliphatic heterocycles. The lowest BCUT2D eigenvalue weighted by Crippen LogP contribution is -2.21. The van der Waals surface area contributed by atoms with E-state index in [0.717, 1.165) is 25.7 Å². The van der Waals surface area contributed by atoms with Gasteiger partial charge in [0.1, 0.15) is 17.3 Å². The van der Waals surface area contributed by atoms with Crippen molar-refractivity contribution in [2.75, 3.05) is 13.2 Å². The fourth-order valence-corrected chi connectivity index (χ4v) is 4.76. The lowest BCUT2D eigenvalue weighted by atomic mass is 9.82. The molecule has 4 rings (SSSR count). The summed E-state index contributed by atoms with van der Waals surface area (Å²) in [6.07, 6.45) is 5.39. The molecule has 1 aliphatic carbocycles. The van der Waals surface area contributed by atoms with Crippen molar-refractivity contribution in [1.29, 1.82) is 0 Å². The Morgan fingerprint density at radius 3 is 2.27 bits per heavy atom. The van der Waals surface area contributed by atoms with E-state index in [0.29, 0.717) is 42.3 Å². The molecule has 0 saturated heterocycles. The van der Waals surface area contributed by atoms with E-state index in [9.17, 15) is 13.2 Å². The van der Waals surface area contributed by atoms with E-state index >= 15 is 0 Å². The van der Waals surface area contributed by atoms with E-state index in [1.807, 2.05) is 6.92 Å². The van der Waals surface area contributed by atoms with Crippen LogP contribution >= 0.6 is 0 Å². The van der Waals surface area contributed by atoms with Gasteiger partial charge in [0.2, 0.25) is 0 Å². The minimum Gasteiger partial charge on any atom is -0.494 e. The largest absolute Gasteiger partial charge is 0.494 e. The molecule has 1 fully saturated rings. The average molecular weight is 511 g/mol. The van der Waals surface area contributed by atoms with Gasteiger partial charge in [-0.1, -0.05) is 36.4 Å². The fraction of sp³-hybridized carbons (Fsp3) is 0.355. The molecule has 3 aromatic rings. The van der Waals surface area contributed by atoms with Crippen molar-refractivity contribution < 1.29 is 27.4 Å². The number of ether oxygens (including phenoxy) is 3. The highest BCUT2D eigenvalue weighted by Crippen LogP contribution is 2.37. The normalized spacial score (nSPS) is 17.4. The highest BCUT2D eigenvalue weighted by molar-refractivity contribution is 5.65. The summed E-state index contributed by atoms with van der Waals surface area (Å²) in [4.78, 5) is 0. The Labute approximate surface area is 216 Å². The molecule has 196 valence electrons. The predicted octanol–water partition coefficient (Wildman–Crippen LogP) is 8.37. The lowest BCUT2D eigenvalue weighted by molar-refractivity contribution is 0.0117. The zero-order chi connectivity index (χ0) is 26.2. The maximum atomic E-state index is 14.8. The Hall–Kier alpha value is -3.25. The molecule has 0 aromatic heterocycles. The summed E-state index contributed by atoms with van der Waals surface area (Å²) in [6.45, 7) is 6.53. The van der Waals surface area contributed by atoms with Gasteiger partial charge in [0, 0.05) is 17.2 Å². The molecule has 0 bridgehead atoms. The molecule has 0 heterocycles. The van der Waals surface area contributed by atoms with Crippen LogP contribution in [0.1, 0.15) is 56.1 Å². The number of benzene rings is 3. The molecular weight excluding hydrogens is 477 g/mol. The first-order valence-corrected chi connectivity index (χ1v) is 12.8. The van der Waals surface area contributed by atoms with Crippen molar-refractivity contribution in [2.45, 2.75) is 57.7 Å². The monoisotopic (exact) mass is 510 g/mol. The third-order valence-corrected chi connectivity index (χ3v) is 6.79. The van der Waals surface area contributed by atoms with Gasteiger partial charge in [-0.15, -0.1) is 6.58 Å². The van der Waals surface area contributed by atoms with Crippen LogP contribution in [0.4, 0.5) is 13.2 Å². The van der Waals surface area contributed by atoms with E-state index < -0.39 is 11.6 Å². The summed E-state index contributed by atoms with van der Waals surface area (Å²) >= 11 is 0. The van der Waals surface area contributed by atoms with Crippen LogP contribution in [0.2, 0.25) is 0 Å². The second kappa shape index (κ2) is 12.8. The van der Waals surface area contributed by atoms with Crippen LogP contribution < -0.4 is 9.47 Å². The van der Waals surface area contributed by atoms with Gasteiger partial charge in [-0.05, 0) is 74.3 Å². The molecular formula is C31H33F3O3. The molecule has 1 saturated carbocycles. The van der Waals surface area contributed by atoms with Gasteiger partial charge < -0.3 is 14.2 Å². The van der Waals surface area contributed by atoms with Crippen molar-refractivity contribution in [1.82, 2.24) is 0 Å². The zero-order valence-corrected chi connectivity index (χ0v) is 21.2. The van der Waals surface area contributed by atoms with E-state index in [4.69, 9.17) is 14.2 Å². The van der Waals surface area contributed by atoms with Crippen LogP contribution in [0.5, 0.6) is 11.5 Å². The SMILES string of the molecule is C=CCCOc1ccc(C2CCC(OCc3ccc(-c4ccc(OCC)cc4)c(F)c3F)CC2)c(F)c1. The minimum absolute atomic E-state index is 0.00719. The van der Waals surface area contributed by atoms with Gasteiger partial charge in [-0.3, -0.25) is 0 Å². The minimum atomic E-state index is -0.891. The molecule has 0 N–H and O–H groups in total. The summed E-state index contributed by atoms with van der Waals surface area (Å²) in [7, 11) is 0. The second-order valence-corrected chi connectivity index (χ2v) is 9.25. The van der Waals surface area contributed by atoms with Crippen LogP contribution in [0.3, 0.4) is 0 Å². The molecule has 0 spiro atoms.